The molecule has 0 saturated heterocycles. The average Bonchev–Trinajstić information content (AvgIpc) is 3.91. The van der Waals surface area contributed by atoms with Crippen molar-refractivity contribution in [2.75, 3.05) is 30.3 Å². The summed E-state index contributed by atoms with van der Waals surface area (Å²) in [5.74, 6) is -1.25. The summed E-state index contributed by atoms with van der Waals surface area (Å²) >= 11 is 0. The zero-order valence-corrected chi connectivity index (χ0v) is 37.5. The minimum atomic E-state index is -4.33. The lowest BCUT2D eigenvalue weighted by molar-refractivity contribution is -0.132. The molecule has 0 spiro atoms. The highest BCUT2D eigenvalue weighted by atomic mass is 19.4. The van der Waals surface area contributed by atoms with Crippen LogP contribution < -0.4 is 25.4 Å². The van der Waals surface area contributed by atoms with E-state index in [0.717, 1.165) is 11.1 Å². The number of carbonyl (C=O) groups excluding carboxylic acids is 1. The number of amides is 1. The van der Waals surface area contributed by atoms with Gasteiger partial charge in [0.05, 0.1) is 66.0 Å². The van der Waals surface area contributed by atoms with Crippen molar-refractivity contribution in [2.24, 2.45) is 0 Å². The number of nitrogens with zero attached hydrogens (tertiary/aromatic N) is 4. The van der Waals surface area contributed by atoms with Gasteiger partial charge in [-0.2, -0.15) is 26.3 Å². The number of aromatic carboxylic acids is 1. The van der Waals surface area contributed by atoms with E-state index in [1.54, 1.807) is 70.7 Å². The van der Waals surface area contributed by atoms with Crippen molar-refractivity contribution >= 4 is 34.5 Å². The number of aromatic nitrogens is 4. The number of halogens is 8. The number of anilines is 2. The molecule has 70 heavy (non-hydrogen) atoms. The van der Waals surface area contributed by atoms with Gasteiger partial charge in [0.25, 0.3) is 5.91 Å². The summed E-state index contributed by atoms with van der Waals surface area (Å²) in [7, 11) is 0. The molecule has 0 radical (unpaired) electrons. The molecule has 8 rings (SSSR count). The third-order valence-corrected chi connectivity index (χ3v) is 10.5. The number of alkyl halides is 6. The van der Waals surface area contributed by atoms with Crippen LogP contribution >= 0.6 is 0 Å². The first kappa shape index (κ1) is 49.7. The maximum absolute atomic E-state index is 13.6. The Labute approximate surface area is 394 Å². The molecule has 1 amide bonds. The summed E-state index contributed by atoms with van der Waals surface area (Å²) in [6, 6.07) is 24.1. The van der Waals surface area contributed by atoms with Crippen LogP contribution in [0.15, 0.2) is 122 Å². The Bertz CT molecular complexity index is 3190. The van der Waals surface area contributed by atoms with Crippen LogP contribution in [0.2, 0.25) is 0 Å². The summed E-state index contributed by atoms with van der Waals surface area (Å²) in [5.41, 5.74) is 5.96. The molecule has 4 aromatic heterocycles. The van der Waals surface area contributed by atoms with Crippen molar-refractivity contribution in [1.82, 2.24) is 24.1 Å². The number of hydrogen-bond acceptors (Lipinski definition) is 8. The maximum Gasteiger partial charge on any atom is 0.390 e. The first-order valence-electron chi connectivity index (χ1n) is 21.5. The van der Waals surface area contributed by atoms with E-state index in [0.29, 0.717) is 57.3 Å². The van der Waals surface area contributed by atoms with E-state index in [1.807, 2.05) is 19.9 Å². The van der Waals surface area contributed by atoms with Gasteiger partial charge >= 0.3 is 18.3 Å². The Kier molecular flexibility index (Phi) is 14.9. The molecule has 12 nitrogen and oxygen atoms in total. The van der Waals surface area contributed by atoms with E-state index in [1.165, 1.54) is 60.8 Å². The number of nitrogens with one attached hydrogen (secondary N) is 3. The first-order valence-corrected chi connectivity index (χ1v) is 21.5. The number of hydrogen-bond donors (Lipinski definition) is 4. The van der Waals surface area contributed by atoms with E-state index >= 15 is 0 Å². The predicted molar refractivity (Wildman–Crippen MR) is 247 cm³/mol. The lowest BCUT2D eigenvalue weighted by Crippen LogP contribution is -2.23. The second-order valence-corrected chi connectivity index (χ2v) is 15.8. The smallest absolute Gasteiger partial charge is 0.390 e. The van der Waals surface area contributed by atoms with E-state index in [4.69, 9.17) is 9.47 Å². The monoisotopic (exact) mass is 973 g/mol. The lowest BCUT2D eigenvalue weighted by Gasteiger charge is -2.14. The molecular weight excluding hydrogens is 931 g/mol. The number of carboxylic acids is 1. The fraction of sp³-hybridized carbons (Fsp3) is 0.200. The van der Waals surface area contributed by atoms with Crippen LogP contribution in [0.3, 0.4) is 0 Å². The third-order valence-electron chi connectivity index (χ3n) is 10.5. The SMILES string of the molecule is CCNC(=O)c1ccc(-c2cnc3c(NCCC(F)(F)F)cc(Oc4cccc(F)c4)cn23)cc1C.Cc1cc(-c2cnc3c(NCCC(F)(F)F)cc(Oc4cccc(F)c4)cn23)ccc1C(=O)O. The molecular formula is C50H43F8N7O5. The van der Waals surface area contributed by atoms with Crippen LogP contribution in [0.4, 0.5) is 46.5 Å². The Balaban J connectivity index is 0.000000207. The number of ether oxygens (including phenoxy) is 2. The number of rotatable bonds is 15. The van der Waals surface area contributed by atoms with Gasteiger partial charge in [0.1, 0.15) is 34.6 Å². The summed E-state index contributed by atoms with van der Waals surface area (Å²) in [6.07, 6.45) is -4.38. The highest BCUT2D eigenvalue weighted by Gasteiger charge is 2.28. The van der Waals surface area contributed by atoms with E-state index in [9.17, 15) is 49.8 Å². The summed E-state index contributed by atoms with van der Waals surface area (Å²) < 4.78 is 118. The van der Waals surface area contributed by atoms with Gasteiger partial charge in [-0.25, -0.2) is 23.5 Å². The van der Waals surface area contributed by atoms with Crippen molar-refractivity contribution in [1.29, 1.82) is 0 Å². The topological polar surface area (TPSA) is 144 Å². The molecule has 0 aliphatic rings. The molecule has 0 fully saturated rings. The van der Waals surface area contributed by atoms with Gasteiger partial charge in [-0.3, -0.25) is 13.6 Å². The minimum absolute atomic E-state index is 0.155. The number of carboxylic acid groups (broad SMARTS) is 1. The van der Waals surface area contributed by atoms with Gasteiger partial charge in [0.15, 0.2) is 11.3 Å². The summed E-state index contributed by atoms with van der Waals surface area (Å²) in [6.45, 7) is 5.09. The van der Waals surface area contributed by atoms with Crippen LogP contribution in [0.1, 0.15) is 51.6 Å². The fourth-order valence-corrected chi connectivity index (χ4v) is 7.33. The van der Waals surface area contributed by atoms with Gasteiger partial charge in [-0.15, -0.1) is 0 Å². The second kappa shape index (κ2) is 21.0. The normalized spacial score (nSPS) is 11.5. The Morgan fingerprint density at radius 2 is 1.06 bits per heavy atom. The van der Waals surface area contributed by atoms with Gasteiger partial charge in [0.2, 0.25) is 0 Å². The lowest BCUT2D eigenvalue weighted by atomic mass is 10.0. The summed E-state index contributed by atoms with van der Waals surface area (Å²) in [4.78, 5) is 32.4. The highest BCUT2D eigenvalue weighted by molar-refractivity contribution is 5.96. The highest BCUT2D eigenvalue weighted by Crippen LogP contribution is 2.35. The van der Waals surface area contributed by atoms with Crippen LogP contribution in [-0.4, -0.2) is 67.7 Å². The van der Waals surface area contributed by atoms with Crippen LogP contribution in [-0.2, 0) is 0 Å². The molecule has 364 valence electrons. The van der Waals surface area contributed by atoms with Gasteiger partial charge in [-0.1, -0.05) is 24.3 Å². The number of pyridine rings is 2. The van der Waals surface area contributed by atoms with Crippen LogP contribution in [0, 0.1) is 25.5 Å². The molecule has 4 N–H and O–H groups in total. The van der Waals surface area contributed by atoms with E-state index in [-0.39, 0.29) is 47.6 Å². The van der Waals surface area contributed by atoms with Crippen molar-refractivity contribution < 1.29 is 59.3 Å². The Hall–Kier alpha value is -8.16. The average molecular weight is 974 g/mol. The maximum atomic E-state index is 13.6. The van der Waals surface area contributed by atoms with Crippen molar-refractivity contribution in [3.8, 4) is 45.5 Å². The van der Waals surface area contributed by atoms with Crippen LogP contribution in [0.25, 0.3) is 33.8 Å². The Morgan fingerprint density at radius 3 is 1.44 bits per heavy atom. The first-order chi connectivity index (χ1) is 33.2. The molecule has 0 saturated carbocycles. The second-order valence-electron chi connectivity index (χ2n) is 15.8. The van der Waals surface area contributed by atoms with Crippen molar-refractivity contribution in [2.45, 2.75) is 46.0 Å². The number of carbonyl (C=O) groups is 2. The quantitative estimate of drug-likeness (QED) is 0.0738. The van der Waals surface area contributed by atoms with Gasteiger partial charge in [-0.05, 0) is 80.4 Å². The zero-order valence-electron chi connectivity index (χ0n) is 37.5. The minimum Gasteiger partial charge on any atom is -0.478 e. The standard InChI is InChI=1S/C26H24F4N4O2.C24H19F4N3O3/c1-3-31-25(35)21-8-7-17(11-16(21)2)23-14-33-24-22(32-10-9-26(28,29)30)13-20(15-34(23)24)36-19-6-4-5-18(27)12-19;1-14-9-15(5-6-19(14)23(32)33)21-12-30-22-20(29-8-7-24(26,27)28)11-18(13-31(21)22)34-17-4-2-3-16(25)10-17/h4-8,11-15,32H,3,9-10H2,1-2H3,(H,31,35);2-6,9-13,29H,7-8H2,1H3,(H,32,33). The molecule has 0 aliphatic carbocycles. The Morgan fingerprint density at radius 1 is 0.614 bits per heavy atom. The predicted octanol–water partition coefficient (Wildman–Crippen LogP) is 12.7. The number of aryl methyl sites for hydroxylation is 2. The van der Waals surface area contributed by atoms with Gasteiger partial charge < -0.3 is 30.5 Å². The van der Waals surface area contributed by atoms with Crippen molar-refractivity contribution in [3.63, 3.8) is 0 Å². The largest absolute Gasteiger partial charge is 0.478 e. The molecule has 0 bridgehead atoms. The van der Waals surface area contributed by atoms with Crippen LogP contribution in [0.5, 0.6) is 23.0 Å². The molecule has 0 unspecified atom stereocenters. The zero-order chi connectivity index (χ0) is 50.3. The molecule has 8 aromatic rings. The number of benzene rings is 4. The molecule has 0 aliphatic heterocycles. The van der Waals surface area contributed by atoms with E-state index < -0.39 is 42.8 Å². The van der Waals surface area contributed by atoms with Gasteiger partial charge in [0, 0.05) is 60.6 Å². The molecule has 4 heterocycles. The molecule has 4 aromatic carbocycles. The van der Waals surface area contributed by atoms with E-state index in [2.05, 4.69) is 25.9 Å². The third kappa shape index (κ3) is 12.5. The fourth-order valence-electron chi connectivity index (χ4n) is 7.33. The number of imidazole rings is 2. The molecule has 20 heteroatoms. The summed E-state index contributed by atoms with van der Waals surface area (Å²) in [5, 5.41) is 17.6. The van der Waals surface area contributed by atoms with Crippen molar-refractivity contribution in [3.05, 3.63) is 156 Å². The number of fused-ring (bicyclic) bond motifs is 2. The molecule has 0 atom stereocenters.